The van der Waals surface area contributed by atoms with Gasteiger partial charge in [-0.2, -0.15) is 0 Å². The number of hydrogen-bond acceptors (Lipinski definition) is 3. The molecule has 0 aromatic carbocycles. The maximum atomic E-state index is 11.2. The second-order valence-corrected chi connectivity index (χ2v) is 5.93. The van der Waals surface area contributed by atoms with Crippen LogP contribution in [0.4, 0.5) is 0 Å². The SMILES string of the molecule is CCCS(=O)(=O)NCC(C)(C)CN. The Morgan fingerprint density at radius 2 is 1.92 bits per heavy atom. The van der Waals surface area contributed by atoms with Gasteiger partial charge in [-0.25, -0.2) is 13.1 Å². The van der Waals surface area contributed by atoms with Crippen molar-refractivity contribution in [3.8, 4) is 0 Å². The Morgan fingerprint density at radius 1 is 1.38 bits per heavy atom. The van der Waals surface area contributed by atoms with E-state index in [2.05, 4.69) is 4.72 Å². The van der Waals surface area contributed by atoms with E-state index in [1.807, 2.05) is 20.8 Å². The second kappa shape index (κ2) is 4.93. The highest BCUT2D eigenvalue weighted by Gasteiger charge is 2.18. The van der Waals surface area contributed by atoms with Gasteiger partial charge in [-0.05, 0) is 18.4 Å². The van der Waals surface area contributed by atoms with Crippen LogP contribution in [-0.4, -0.2) is 27.3 Å². The van der Waals surface area contributed by atoms with Gasteiger partial charge in [-0.3, -0.25) is 0 Å². The predicted octanol–water partition coefficient (Wildman–Crippen LogP) is 0.301. The molecule has 0 rings (SSSR count). The maximum absolute atomic E-state index is 11.2. The Hall–Kier alpha value is -0.130. The molecule has 13 heavy (non-hydrogen) atoms. The van der Waals surface area contributed by atoms with Gasteiger partial charge in [0.15, 0.2) is 0 Å². The molecule has 0 saturated heterocycles. The lowest BCUT2D eigenvalue weighted by atomic mass is 9.95. The lowest BCUT2D eigenvalue weighted by molar-refractivity contribution is 0.376. The van der Waals surface area contributed by atoms with Crippen molar-refractivity contribution in [2.75, 3.05) is 18.8 Å². The number of nitrogens with one attached hydrogen (secondary N) is 1. The maximum Gasteiger partial charge on any atom is 0.211 e. The van der Waals surface area contributed by atoms with E-state index < -0.39 is 10.0 Å². The Bertz CT molecular complexity index is 235. The van der Waals surface area contributed by atoms with Crippen LogP contribution in [0.1, 0.15) is 27.2 Å². The van der Waals surface area contributed by atoms with E-state index in [0.29, 0.717) is 19.5 Å². The van der Waals surface area contributed by atoms with Crippen molar-refractivity contribution in [3.05, 3.63) is 0 Å². The Kier molecular flexibility index (Phi) is 4.88. The molecule has 0 heterocycles. The van der Waals surface area contributed by atoms with Crippen LogP contribution < -0.4 is 10.5 Å². The zero-order valence-corrected chi connectivity index (χ0v) is 9.45. The summed E-state index contributed by atoms with van der Waals surface area (Å²) in [7, 11) is -3.08. The van der Waals surface area contributed by atoms with Crippen LogP contribution in [-0.2, 0) is 10.0 Å². The van der Waals surface area contributed by atoms with Gasteiger partial charge in [-0.15, -0.1) is 0 Å². The molecule has 0 aliphatic rings. The Balaban J connectivity index is 4.02. The first kappa shape index (κ1) is 12.9. The van der Waals surface area contributed by atoms with Crippen LogP contribution in [0.2, 0.25) is 0 Å². The molecule has 5 heteroatoms. The van der Waals surface area contributed by atoms with Gasteiger partial charge in [0.05, 0.1) is 5.75 Å². The second-order valence-electron chi connectivity index (χ2n) is 4.01. The third-order valence-electron chi connectivity index (χ3n) is 1.80. The molecule has 0 aromatic heterocycles. The topological polar surface area (TPSA) is 72.2 Å². The van der Waals surface area contributed by atoms with Crippen molar-refractivity contribution < 1.29 is 8.42 Å². The molecule has 0 atom stereocenters. The van der Waals surface area contributed by atoms with Crippen LogP contribution >= 0.6 is 0 Å². The quantitative estimate of drug-likeness (QED) is 0.659. The van der Waals surface area contributed by atoms with Gasteiger partial charge in [0.1, 0.15) is 0 Å². The largest absolute Gasteiger partial charge is 0.330 e. The van der Waals surface area contributed by atoms with E-state index in [9.17, 15) is 8.42 Å². The van der Waals surface area contributed by atoms with Crippen molar-refractivity contribution in [2.24, 2.45) is 11.1 Å². The highest BCUT2D eigenvalue weighted by molar-refractivity contribution is 7.89. The smallest absolute Gasteiger partial charge is 0.211 e. The van der Waals surface area contributed by atoms with Gasteiger partial charge in [0, 0.05) is 6.54 Å². The Labute approximate surface area is 80.9 Å². The highest BCUT2D eigenvalue weighted by atomic mass is 32.2. The summed E-state index contributed by atoms with van der Waals surface area (Å²) in [6.07, 6.45) is 0.637. The lowest BCUT2D eigenvalue weighted by Crippen LogP contribution is -2.39. The third kappa shape index (κ3) is 6.01. The highest BCUT2D eigenvalue weighted by Crippen LogP contribution is 2.10. The minimum absolute atomic E-state index is 0.166. The molecule has 0 bridgehead atoms. The van der Waals surface area contributed by atoms with Crippen LogP contribution in [0.15, 0.2) is 0 Å². The molecule has 0 aliphatic heterocycles. The normalized spacial score (nSPS) is 13.2. The van der Waals surface area contributed by atoms with E-state index in [-0.39, 0.29) is 11.2 Å². The van der Waals surface area contributed by atoms with Gasteiger partial charge < -0.3 is 5.73 Å². The molecular formula is C8H20N2O2S. The number of hydrogen-bond donors (Lipinski definition) is 2. The summed E-state index contributed by atoms with van der Waals surface area (Å²) >= 11 is 0. The fraction of sp³-hybridized carbons (Fsp3) is 1.00. The molecule has 0 spiro atoms. The summed E-state index contributed by atoms with van der Waals surface area (Å²) in [5.41, 5.74) is 5.31. The average molecular weight is 208 g/mol. The molecular weight excluding hydrogens is 188 g/mol. The first-order valence-electron chi connectivity index (χ1n) is 4.50. The van der Waals surface area contributed by atoms with Gasteiger partial charge in [0.2, 0.25) is 10.0 Å². The third-order valence-corrected chi connectivity index (χ3v) is 3.33. The summed E-state index contributed by atoms with van der Waals surface area (Å²) in [4.78, 5) is 0. The van der Waals surface area contributed by atoms with Crippen LogP contribution in [0.5, 0.6) is 0 Å². The zero-order valence-electron chi connectivity index (χ0n) is 8.63. The fourth-order valence-corrected chi connectivity index (χ4v) is 2.01. The minimum atomic E-state index is -3.08. The molecule has 80 valence electrons. The van der Waals surface area contributed by atoms with Crippen LogP contribution in [0.3, 0.4) is 0 Å². The predicted molar refractivity (Wildman–Crippen MR) is 54.9 cm³/mol. The van der Waals surface area contributed by atoms with E-state index in [1.54, 1.807) is 0 Å². The van der Waals surface area contributed by atoms with E-state index in [1.165, 1.54) is 0 Å². The number of rotatable bonds is 6. The zero-order chi connectivity index (χ0) is 10.5. The molecule has 0 amide bonds. The molecule has 0 unspecified atom stereocenters. The summed E-state index contributed by atoms with van der Waals surface area (Å²) in [6.45, 7) is 6.59. The van der Waals surface area contributed by atoms with E-state index in [0.717, 1.165) is 0 Å². The summed E-state index contributed by atoms with van der Waals surface area (Å²) in [6, 6.07) is 0. The average Bonchev–Trinajstić information content (AvgIpc) is 2.02. The number of nitrogens with two attached hydrogens (primary N) is 1. The first-order valence-corrected chi connectivity index (χ1v) is 6.15. The summed E-state index contributed by atoms with van der Waals surface area (Å²) in [5, 5.41) is 0. The van der Waals surface area contributed by atoms with Gasteiger partial charge >= 0.3 is 0 Å². The first-order chi connectivity index (χ1) is 5.83. The van der Waals surface area contributed by atoms with Gasteiger partial charge in [-0.1, -0.05) is 20.8 Å². The summed E-state index contributed by atoms with van der Waals surface area (Å²) in [5.74, 6) is 0.188. The fourth-order valence-electron chi connectivity index (χ4n) is 0.718. The molecule has 4 nitrogen and oxygen atoms in total. The Morgan fingerprint density at radius 3 is 2.31 bits per heavy atom. The molecule has 0 saturated carbocycles. The number of sulfonamides is 1. The molecule has 0 radical (unpaired) electrons. The molecule has 0 aromatic rings. The molecule has 3 N–H and O–H groups in total. The van der Waals surface area contributed by atoms with Crippen molar-refractivity contribution in [1.29, 1.82) is 0 Å². The van der Waals surface area contributed by atoms with Crippen molar-refractivity contribution in [2.45, 2.75) is 27.2 Å². The standard InChI is InChI=1S/C8H20N2O2S/c1-4-5-13(11,12)10-7-8(2,3)6-9/h10H,4-7,9H2,1-3H3. The van der Waals surface area contributed by atoms with E-state index in [4.69, 9.17) is 5.73 Å². The van der Waals surface area contributed by atoms with Crippen molar-refractivity contribution in [3.63, 3.8) is 0 Å². The van der Waals surface area contributed by atoms with Crippen LogP contribution in [0, 0.1) is 5.41 Å². The minimum Gasteiger partial charge on any atom is -0.330 e. The van der Waals surface area contributed by atoms with Gasteiger partial charge in [0.25, 0.3) is 0 Å². The molecule has 0 fully saturated rings. The summed E-state index contributed by atoms with van der Waals surface area (Å²) < 4.78 is 25.0. The van der Waals surface area contributed by atoms with Crippen molar-refractivity contribution in [1.82, 2.24) is 4.72 Å². The monoisotopic (exact) mass is 208 g/mol. The van der Waals surface area contributed by atoms with E-state index >= 15 is 0 Å². The lowest BCUT2D eigenvalue weighted by Gasteiger charge is -2.22. The van der Waals surface area contributed by atoms with Crippen molar-refractivity contribution >= 4 is 10.0 Å². The van der Waals surface area contributed by atoms with Crippen LogP contribution in [0.25, 0.3) is 0 Å². The molecule has 0 aliphatic carbocycles.